The average molecular weight is 215 g/mol. The number of carbonyl (C=O) groups is 1. The smallest absolute Gasteiger partial charge is 0.294 e. The molecule has 0 aromatic heterocycles. The normalized spacial score (nSPS) is 15.7. The number of rotatable bonds is 1. The fourth-order valence-corrected chi connectivity index (χ4v) is 1.75. The number of aryl methyl sites for hydroxylation is 2. The zero-order chi connectivity index (χ0) is 11.9. The number of benzene rings is 1. The molecule has 2 rings (SSSR count). The number of hydrogen-bond donors (Lipinski definition) is 1. The lowest BCUT2D eigenvalue weighted by Gasteiger charge is -2.12. The van der Waals surface area contributed by atoms with Gasteiger partial charge in [-0.05, 0) is 44.0 Å². The van der Waals surface area contributed by atoms with Gasteiger partial charge in [0, 0.05) is 0 Å². The standard InChI is InChI=1S/C12H13N3O/c1-7-4-8(2)6-10(5-7)15-12(16)11(13)9(3)14-15/h4-6,13H,1-3H3. The highest BCUT2D eigenvalue weighted by atomic mass is 16.2. The molecule has 0 bridgehead atoms. The van der Waals surface area contributed by atoms with Crippen molar-refractivity contribution in [2.75, 3.05) is 5.01 Å². The minimum absolute atomic E-state index is 0.0286. The molecule has 0 atom stereocenters. The van der Waals surface area contributed by atoms with Crippen LogP contribution in [0.15, 0.2) is 23.3 Å². The van der Waals surface area contributed by atoms with E-state index < -0.39 is 0 Å². The van der Waals surface area contributed by atoms with Crippen molar-refractivity contribution in [3.05, 3.63) is 29.3 Å². The summed E-state index contributed by atoms with van der Waals surface area (Å²) in [5.41, 5.74) is 3.32. The molecule has 4 nitrogen and oxygen atoms in total. The number of carbonyl (C=O) groups excluding carboxylic acids is 1. The maximum atomic E-state index is 11.7. The predicted molar refractivity (Wildman–Crippen MR) is 64.2 cm³/mol. The first-order valence-electron chi connectivity index (χ1n) is 5.06. The van der Waals surface area contributed by atoms with Crippen molar-refractivity contribution in [3.63, 3.8) is 0 Å². The van der Waals surface area contributed by atoms with Gasteiger partial charge in [-0.15, -0.1) is 0 Å². The largest absolute Gasteiger partial charge is 0.298 e. The van der Waals surface area contributed by atoms with Crippen LogP contribution in [0.2, 0.25) is 0 Å². The van der Waals surface area contributed by atoms with Gasteiger partial charge in [0.2, 0.25) is 0 Å². The van der Waals surface area contributed by atoms with Gasteiger partial charge in [0.15, 0.2) is 0 Å². The van der Waals surface area contributed by atoms with E-state index in [4.69, 9.17) is 5.41 Å². The molecule has 0 aliphatic carbocycles. The Morgan fingerprint density at radius 3 is 2.12 bits per heavy atom. The van der Waals surface area contributed by atoms with E-state index in [1.807, 2.05) is 32.0 Å². The Hall–Kier alpha value is -1.97. The van der Waals surface area contributed by atoms with E-state index in [9.17, 15) is 4.79 Å². The van der Waals surface area contributed by atoms with Crippen LogP contribution in [0, 0.1) is 19.3 Å². The average Bonchev–Trinajstić information content (AvgIpc) is 2.44. The van der Waals surface area contributed by atoms with Crippen LogP contribution in [0.5, 0.6) is 0 Å². The molecule has 0 saturated heterocycles. The molecule has 1 heterocycles. The number of hydrazone groups is 1. The van der Waals surface area contributed by atoms with E-state index in [0.29, 0.717) is 5.71 Å². The van der Waals surface area contributed by atoms with Gasteiger partial charge in [-0.3, -0.25) is 10.2 Å². The van der Waals surface area contributed by atoms with Crippen LogP contribution in [-0.2, 0) is 4.79 Å². The summed E-state index contributed by atoms with van der Waals surface area (Å²) in [7, 11) is 0. The lowest BCUT2D eigenvalue weighted by molar-refractivity contribution is -0.112. The maximum absolute atomic E-state index is 11.7. The van der Waals surface area contributed by atoms with E-state index in [2.05, 4.69) is 5.10 Å². The molecule has 1 aromatic carbocycles. The van der Waals surface area contributed by atoms with Crippen LogP contribution in [-0.4, -0.2) is 17.3 Å². The summed E-state index contributed by atoms with van der Waals surface area (Å²) in [5, 5.41) is 12.9. The van der Waals surface area contributed by atoms with Gasteiger partial charge in [0.05, 0.1) is 11.4 Å². The molecule has 1 aromatic rings. The SMILES string of the molecule is CC1=NN(c2cc(C)cc(C)c2)C(=O)C1=N. The number of hydrogen-bond acceptors (Lipinski definition) is 3. The van der Waals surface area contributed by atoms with Crippen LogP contribution in [0.3, 0.4) is 0 Å². The Labute approximate surface area is 94.1 Å². The van der Waals surface area contributed by atoms with Crippen molar-refractivity contribution in [2.45, 2.75) is 20.8 Å². The van der Waals surface area contributed by atoms with Gasteiger partial charge in [0.1, 0.15) is 5.71 Å². The quantitative estimate of drug-likeness (QED) is 0.765. The molecule has 0 unspecified atom stereocenters. The monoisotopic (exact) mass is 215 g/mol. The van der Waals surface area contributed by atoms with Gasteiger partial charge < -0.3 is 0 Å². The van der Waals surface area contributed by atoms with E-state index in [0.717, 1.165) is 16.8 Å². The Morgan fingerprint density at radius 1 is 1.12 bits per heavy atom. The molecule has 82 valence electrons. The Balaban J connectivity index is 2.46. The second-order valence-electron chi connectivity index (χ2n) is 4.02. The van der Waals surface area contributed by atoms with Crippen molar-refractivity contribution in [1.82, 2.24) is 0 Å². The first-order chi connectivity index (χ1) is 7.49. The summed E-state index contributed by atoms with van der Waals surface area (Å²) in [6, 6.07) is 5.81. The number of anilines is 1. The summed E-state index contributed by atoms with van der Waals surface area (Å²) in [6.45, 7) is 5.61. The first-order valence-corrected chi connectivity index (χ1v) is 5.06. The Morgan fingerprint density at radius 2 is 1.69 bits per heavy atom. The van der Waals surface area contributed by atoms with Crippen molar-refractivity contribution in [1.29, 1.82) is 5.41 Å². The van der Waals surface area contributed by atoms with Gasteiger partial charge >= 0.3 is 0 Å². The van der Waals surface area contributed by atoms with Crippen LogP contribution in [0.1, 0.15) is 18.1 Å². The van der Waals surface area contributed by atoms with Crippen molar-refractivity contribution >= 4 is 23.0 Å². The van der Waals surface area contributed by atoms with Crippen LogP contribution in [0.4, 0.5) is 5.69 Å². The molecule has 0 saturated carbocycles. The molecular formula is C12H13N3O. The molecule has 1 amide bonds. The first kappa shape index (κ1) is 10.5. The molecule has 0 radical (unpaired) electrons. The van der Waals surface area contributed by atoms with E-state index in [-0.39, 0.29) is 11.6 Å². The zero-order valence-electron chi connectivity index (χ0n) is 9.53. The highest BCUT2D eigenvalue weighted by molar-refractivity contribution is 6.70. The third-order valence-electron chi connectivity index (χ3n) is 2.47. The van der Waals surface area contributed by atoms with Crippen LogP contribution in [0.25, 0.3) is 0 Å². The van der Waals surface area contributed by atoms with Gasteiger partial charge in [-0.2, -0.15) is 10.1 Å². The molecule has 1 aliphatic heterocycles. The molecule has 0 spiro atoms. The number of nitrogens with one attached hydrogen (secondary N) is 1. The minimum atomic E-state index is -0.359. The number of nitrogens with zero attached hydrogens (tertiary/aromatic N) is 2. The fraction of sp³-hybridized carbons (Fsp3) is 0.250. The van der Waals surface area contributed by atoms with Crippen LogP contribution >= 0.6 is 0 Å². The third kappa shape index (κ3) is 1.62. The number of amides is 1. The summed E-state index contributed by atoms with van der Waals surface area (Å²) >= 11 is 0. The van der Waals surface area contributed by atoms with Gasteiger partial charge in [-0.1, -0.05) is 6.07 Å². The van der Waals surface area contributed by atoms with E-state index >= 15 is 0 Å². The van der Waals surface area contributed by atoms with Crippen molar-refractivity contribution in [3.8, 4) is 0 Å². The second-order valence-corrected chi connectivity index (χ2v) is 4.02. The summed E-state index contributed by atoms with van der Waals surface area (Å²) < 4.78 is 0. The van der Waals surface area contributed by atoms with Crippen molar-refractivity contribution < 1.29 is 4.79 Å². The Bertz CT molecular complexity index is 497. The van der Waals surface area contributed by atoms with E-state index in [1.165, 1.54) is 5.01 Å². The van der Waals surface area contributed by atoms with Gasteiger partial charge in [0.25, 0.3) is 5.91 Å². The van der Waals surface area contributed by atoms with Gasteiger partial charge in [-0.25, -0.2) is 0 Å². The molecule has 0 fully saturated rings. The minimum Gasteiger partial charge on any atom is -0.294 e. The topological polar surface area (TPSA) is 56.5 Å². The second kappa shape index (κ2) is 3.56. The van der Waals surface area contributed by atoms with Crippen molar-refractivity contribution in [2.24, 2.45) is 5.10 Å². The summed E-state index contributed by atoms with van der Waals surface area (Å²) in [5.74, 6) is -0.359. The highest BCUT2D eigenvalue weighted by Gasteiger charge is 2.28. The Kier molecular flexibility index (Phi) is 2.34. The molecule has 16 heavy (non-hydrogen) atoms. The van der Waals surface area contributed by atoms with E-state index in [1.54, 1.807) is 6.92 Å². The lowest BCUT2D eigenvalue weighted by Crippen LogP contribution is -2.26. The summed E-state index contributed by atoms with van der Waals surface area (Å²) in [4.78, 5) is 11.7. The maximum Gasteiger partial charge on any atom is 0.298 e. The molecule has 1 aliphatic rings. The zero-order valence-corrected chi connectivity index (χ0v) is 9.53. The third-order valence-corrected chi connectivity index (χ3v) is 2.47. The van der Waals surface area contributed by atoms with Crippen LogP contribution < -0.4 is 5.01 Å². The predicted octanol–water partition coefficient (Wildman–Crippen LogP) is 2.05. The fourth-order valence-electron chi connectivity index (χ4n) is 1.75. The molecule has 4 heteroatoms. The summed E-state index contributed by atoms with van der Waals surface area (Å²) in [6.07, 6.45) is 0. The molecule has 1 N–H and O–H groups in total. The lowest BCUT2D eigenvalue weighted by atomic mass is 10.1. The highest BCUT2D eigenvalue weighted by Crippen LogP contribution is 2.22. The molecular weight excluding hydrogens is 202 g/mol.